The number of carbonyl (C=O) groups excluding carboxylic acids is 1. The summed E-state index contributed by atoms with van der Waals surface area (Å²) in [5.74, 6) is 0.0965. The molecule has 0 spiro atoms. The number of hydrogen-bond acceptors (Lipinski definition) is 2. The van der Waals surface area contributed by atoms with Gasteiger partial charge in [-0.25, -0.2) is 0 Å². The summed E-state index contributed by atoms with van der Waals surface area (Å²) in [5, 5.41) is 0. The molecule has 1 saturated carbocycles. The van der Waals surface area contributed by atoms with Crippen molar-refractivity contribution in [1.82, 2.24) is 4.90 Å². The van der Waals surface area contributed by atoms with Crippen molar-refractivity contribution in [2.24, 2.45) is 11.1 Å². The summed E-state index contributed by atoms with van der Waals surface area (Å²) < 4.78 is 0. The second kappa shape index (κ2) is 4.73. The van der Waals surface area contributed by atoms with Crippen molar-refractivity contribution < 1.29 is 4.79 Å². The molecule has 0 heterocycles. The normalized spacial score (nSPS) is 18.2. The fraction of sp³-hybridized carbons (Fsp3) is 0.533. The predicted molar refractivity (Wildman–Crippen MR) is 73.2 cm³/mol. The summed E-state index contributed by atoms with van der Waals surface area (Å²) in [5.41, 5.74) is 7.67. The Bertz CT molecular complexity index is 434. The van der Waals surface area contributed by atoms with Gasteiger partial charge in [0.15, 0.2) is 0 Å². The van der Waals surface area contributed by atoms with Crippen molar-refractivity contribution in [1.29, 1.82) is 0 Å². The molecule has 1 aliphatic rings. The second-order valence-corrected chi connectivity index (χ2v) is 5.65. The molecule has 0 bridgehead atoms. The summed E-state index contributed by atoms with van der Waals surface area (Å²) in [4.78, 5) is 14.2. The Morgan fingerprint density at radius 1 is 1.39 bits per heavy atom. The van der Waals surface area contributed by atoms with Gasteiger partial charge < -0.3 is 10.6 Å². The van der Waals surface area contributed by atoms with Gasteiger partial charge in [0.25, 0.3) is 5.91 Å². The van der Waals surface area contributed by atoms with E-state index in [-0.39, 0.29) is 5.91 Å². The highest BCUT2D eigenvalue weighted by atomic mass is 16.2. The average Bonchev–Trinajstić information content (AvgIpc) is 3.15. The first-order chi connectivity index (χ1) is 8.48. The van der Waals surface area contributed by atoms with E-state index >= 15 is 0 Å². The molecule has 2 rings (SSSR count). The fourth-order valence-electron chi connectivity index (χ4n) is 2.25. The Morgan fingerprint density at radius 3 is 2.39 bits per heavy atom. The average molecular weight is 246 g/mol. The quantitative estimate of drug-likeness (QED) is 0.886. The number of amides is 1. The number of rotatable bonds is 4. The van der Waals surface area contributed by atoms with Gasteiger partial charge in [-0.15, -0.1) is 0 Å². The molecule has 1 fully saturated rings. The SMILES string of the molecule is CC(N(C)C(=O)c1ccc(CN)cc1)C1(C)CC1. The molecular formula is C15H22N2O. The molecule has 0 aromatic heterocycles. The molecule has 98 valence electrons. The molecule has 1 aromatic rings. The van der Waals surface area contributed by atoms with Crippen molar-refractivity contribution in [3.8, 4) is 0 Å². The monoisotopic (exact) mass is 246 g/mol. The van der Waals surface area contributed by atoms with Gasteiger partial charge in [0.1, 0.15) is 0 Å². The predicted octanol–water partition coefficient (Wildman–Crippen LogP) is 2.41. The lowest BCUT2D eigenvalue weighted by molar-refractivity contribution is 0.0684. The Balaban J connectivity index is 2.09. The topological polar surface area (TPSA) is 46.3 Å². The molecule has 3 heteroatoms. The fourth-order valence-corrected chi connectivity index (χ4v) is 2.25. The first-order valence-corrected chi connectivity index (χ1v) is 6.54. The molecule has 0 aliphatic heterocycles. The van der Waals surface area contributed by atoms with Gasteiger partial charge in [-0.05, 0) is 42.9 Å². The summed E-state index contributed by atoms with van der Waals surface area (Å²) in [6, 6.07) is 7.86. The van der Waals surface area contributed by atoms with E-state index in [0.717, 1.165) is 11.1 Å². The van der Waals surface area contributed by atoms with Crippen LogP contribution in [0.25, 0.3) is 0 Å². The first kappa shape index (κ1) is 13.1. The highest BCUT2D eigenvalue weighted by Crippen LogP contribution is 2.49. The van der Waals surface area contributed by atoms with E-state index in [1.54, 1.807) is 0 Å². The van der Waals surface area contributed by atoms with Gasteiger partial charge >= 0.3 is 0 Å². The van der Waals surface area contributed by atoms with Gasteiger partial charge in [-0.3, -0.25) is 4.79 Å². The van der Waals surface area contributed by atoms with Crippen LogP contribution in [0.15, 0.2) is 24.3 Å². The molecule has 3 nitrogen and oxygen atoms in total. The Morgan fingerprint density at radius 2 is 1.94 bits per heavy atom. The maximum Gasteiger partial charge on any atom is 0.253 e. The summed E-state index contributed by atoms with van der Waals surface area (Å²) >= 11 is 0. The molecule has 0 radical (unpaired) electrons. The summed E-state index contributed by atoms with van der Waals surface area (Å²) in [7, 11) is 1.90. The van der Waals surface area contributed by atoms with Crippen LogP contribution < -0.4 is 5.73 Å². The van der Waals surface area contributed by atoms with Crippen molar-refractivity contribution in [2.45, 2.75) is 39.3 Å². The van der Waals surface area contributed by atoms with E-state index < -0.39 is 0 Å². The van der Waals surface area contributed by atoms with E-state index in [1.807, 2.05) is 36.2 Å². The minimum absolute atomic E-state index is 0.0965. The molecular weight excluding hydrogens is 224 g/mol. The third-order valence-electron chi connectivity index (χ3n) is 4.39. The van der Waals surface area contributed by atoms with Crippen LogP contribution in [0.5, 0.6) is 0 Å². The summed E-state index contributed by atoms with van der Waals surface area (Å²) in [6.45, 7) is 4.90. The summed E-state index contributed by atoms with van der Waals surface area (Å²) in [6.07, 6.45) is 2.44. The third-order valence-corrected chi connectivity index (χ3v) is 4.39. The lowest BCUT2D eigenvalue weighted by Gasteiger charge is -2.30. The zero-order chi connectivity index (χ0) is 13.3. The van der Waals surface area contributed by atoms with Crippen molar-refractivity contribution >= 4 is 5.91 Å². The number of benzene rings is 1. The Hall–Kier alpha value is -1.35. The number of nitrogens with zero attached hydrogens (tertiary/aromatic N) is 1. The van der Waals surface area contributed by atoms with Crippen LogP contribution in [0, 0.1) is 5.41 Å². The van der Waals surface area contributed by atoms with E-state index in [9.17, 15) is 4.79 Å². The first-order valence-electron chi connectivity index (χ1n) is 6.54. The Kier molecular flexibility index (Phi) is 3.44. The van der Waals surface area contributed by atoms with Crippen LogP contribution >= 0.6 is 0 Å². The van der Waals surface area contributed by atoms with E-state index in [4.69, 9.17) is 5.73 Å². The maximum absolute atomic E-state index is 12.4. The molecule has 1 aliphatic carbocycles. The second-order valence-electron chi connectivity index (χ2n) is 5.65. The highest BCUT2D eigenvalue weighted by Gasteiger charge is 2.45. The molecule has 18 heavy (non-hydrogen) atoms. The molecule has 0 saturated heterocycles. The largest absolute Gasteiger partial charge is 0.338 e. The number of hydrogen-bond donors (Lipinski definition) is 1. The smallest absolute Gasteiger partial charge is 0.253 e. The Labute approximate surface area is 109 Å². The van der Waals surface area contributed by atoms with Crippen LogP contribution in [-0.2, 0) is 6.54 Å². The number of carbonyl (C=O) groups is 1. The molecule has 1 amide bonds. The molecule has 1 aromatic carbocycles. The van der Waals surface area contributed by atoms with Crippen LogP contribution in [-0.4, -0.2) is 23.9 Å². The lowest BCUT2D eigenvalue weighted by Crippen LogP contribution is -2.40. The van der Waals surface area contributed by atoms with Crippen LogP contribution in [0.2, 0.25) is 0 Å². The minimum Gasteiger partial charge on any atom is -0.338 e. The van der Waals surface area contributed by atoms with Gasteiger partial charge in [-0.2, -0.15) is 0 Å². The van der Waals surface area contributed by atoms with Gasteiger partial charge in [0.05, 0.1) is 0 Å². The molecule has 1 atom stereocenters. The van der Waals surface area contributed by atoms with Crippen molar-refractivity contribution in [3.05, 3.63) is 35.4 Å². The standard InChI is InChI=1S/C15H22N2O/c1-11(15(2)8-9-15)17(3)14(18)13-6-4-12(10-16)5-7-13/h4-7,11H,8-10,16H2,1-3H3. The van der Waals surface area contributed by atoms with E-state index in [0.29, 0.717) is 18.0 Å². The third kappa shape index (κ3) is 2.41. The van der Waals surface area contributed by atoms with Gasteiger partial charge in [0, 0.05) is 25.2 Å². The minimum atomic E-state index is 0.0965. The van der Waals surface area contributed by atoms with Crippen molar-refractivity contribution in [3.63, 3.8) is 0 Å². The zero-order valence-corrected chi connectivity index (χ0v) is 11.4. The highest BCUT2D eigenvalue weighted by molar-refractivity contribution is 5.94. The van der Waals surface area contributed by atoms with E-state index in [1.165, 1.54) is 12.8 Å². The molecule has 1 unspecified atom stereocenters. The van der Waals surface area contributed by atoms with E-state index in [2.05, 4.69) is 13.8 Å². The maximum atomic E-state index is 12.4. The van der Waals surface area contributed by atoms with Gasteiger partial charge in [-0.1, -0.05) is 19.1 Å². The van der Waals surface area contributed by atoms with Gasteiger partial charge in [0.2, 0.25) is 0 Å². The van der Waals surface area contributed by atoms with Crippen LogP contribution in [0.4, 0.5) is 0 Å². The zero-order valence-electron chi connectivity index (χ0n) is 11.4. The lowest BCUT2D eigenvalue weighted by atomic mass is 9.98. The van der Waals surface area contributed by atoms with Crippen LogP contribution in [0.3, 0.4) is 0 Å². The van der Waals surface area contributed by atoms with Crippen LogP contribution in [0.1, 0.15) is 42.6 Å². The molecule has 2 N–H and O–H groups in total. The van der Waals surface area contributed by atoms with Crippen molar-refractivity contribution in [2.75, 3.05) is 7.05 Å². The number of nitrogens with two attached hydrogens (primary N) is 1.